The van der Waals surface area contributed by atoms with Crippen LogP contribution in [0.2, 0.25) is 0 Å². The Hall–Kier alpha value is -2.17. The maximum Gasteiger partial charge on any atom is 0.223 e. The first-order chi connectivity index (χ1) is 11.2. The molecule has 1 aromatic heterocycles. The molecule has 0 radical (unpaired) electrons. The average molecular weight is 315 g/mol. The number of aromatic amines is 1. The van der Waals surface area contributed by atoms with Gasteiger partial charge in [-0.3, -0.25) is 9.89 Å². The van der Waals surface area contributed by atoms with Crippen LogP contribution in [-0.2, 0) is 11.2 Å². The molecule has 1 aromatic carbocycles. The summed E-state index contributed by atoms with van der Waals surface area (Å²) in [4.78, 5) is 14.6. The Morgan fingerprint density at radius 3 is 2.96 bits per heavy atom. The van der Waals surface area contributed by atoms with Crippen LogP contribution >= 0.6 is 0 Å². The fraction of sp³-hybridized carbons (Fsp3) is 0.444. The molecule has 2 aromatic rings. The lowest BCUT2D eigenvalue weighted by Crippen LogP contribution is -2.39. The number of nitrogens with zero attached hydrogens (tertiary/aromatic N) is 2. The molecule has 0 saturated carbocycles. The van der Waals surface area contributed by atoms with Gasteiger partial charge < -0.3 is 4.90 Å². The minimum absolute atomic E-state index is 0.0689. The van der Waals surface area contributed by atoms with Gasteiger partial charge in [0.05, 0.1) is 17.9 Å². The molecule has 23 heavy (non-hydrogen) atoms. The van der Waals surface area contributed by atoms with E-state index in [1.807, 2.05) is 11.8 Å². The number of aryl methyl sites for hydroxylation is 2. The standard InChI is InChI=1S/C18H22FN3O/c1-13-12-20-21-18(13)16-8-4-5-11-22(16)17(23)10-9-14-6-2-3-7-15(14)19/h2-3,6-7,12,16H,4-5,8-11H2,1H3,(H,20,21)/t16-/m1/s1. The summed E-state index contributed by atoms with van der Waals surface area (Å²) in [6.45, 7) is 2.77. The van der Waals surface area contributed by atoms with Crippen molar-refractivity contribution in [2.24, 2.45) is 0 Å². The molecular weight excluding hydrogens is 293 g/mol. The van der Waals surface area contributed by atoms with Crippen molar-refractivity contribution in [3.63, 3.8) is 0 Å². The van der Waals surface area contributed by atoms with E-state index in [0.717, 1.165) is 37.1 Å². The molecule has 122 valence electrons. The summed E-state index contributed by atoms with van der Waals surface area (Å²) in [6.07, 6.45) is 5.66. The zero-order valence-electron chi connectivity index (χ0n) is 13.4. The van der Waals surface area contributed by atoms with Gasteiger partial charge in [0.2, 0.25) is 5.91 Å². The number of benzene rings is 1. The molecular formula is C18H22FN3O. The van der Waals surface area contributed by atoms with Gasteiger partial charge in [0.1, 0.15) is 5.82 Å². The number of halogens is 1. The van der Waals surface area contributed by atoms with Crippen molar-refractivity contribution >= 4 is 5.91 Å². The van der Waals surface area contributed by atoms with Crippen LogP contribution in [0.25, 0.3) is 0 Å². The third kappa shape index (κ3) is 3.44. The molecule has 4 nitrogen and oxygen atoms in total. The molecule has 1 N–H and O–H groups in total. The van der Waals surface area contributed by atoms with E-state index in [4.69, 9.17) is 0 Å². The number of aromatic nitrogens is 2. The lowest BCUT2D eigenvalue weighted by Gasteiger charge is -2.35. The highest BCUT2D eigenvalue weighted by atomic mass is 19.1. The van der Waals surface area contributed by atoms with Crippen molar-refractivity contribution in [3.8, 4) is 0 Å². The van der Waals surface area contributed by atoms with Crippen LogP contribution in [0, 0.1) is 12.7 Å². The Balaban J connectivity index is 1.69. The third-order valence-electron chi connectivity index (χ3n) is 4.59. The molecule has 0 spiro atoms. The molecule has 5 heteroatoms. The molecule has 1 saturated heterocycles. The highest BCUT2D eigenvalue weighted by Crippen LogP contribution is 2.32. The quantitative estimate of drug-likeness (QED) is 0.938. The summed E-state index contributed by atoms with van der Waals surface area (Å²) < 4.78 is 13.7. The number of nitrogens with one attached hydrogen (secondary N) is 1. The predicted octanol–water partition coefficient (Wildman–Crippen LogP) is 3.54. The SMILES string of the molecule is Cc1cn[nH]c1[C@H]1CCCCN1C(=O)CCc1ccccc1F. The normalized spacial score (nSPS) is 18.2. The van der Waals surface area contributed by atoms with Crippen molar-refractivity contribution < 1.29 is 9.18 Å². The Morgan fingerprint density at radius 2 is 2.22 bits per heavy atom. The van der Waals surface area contributed by atoms with Crippen LogP contribution in [0.3, 0.4) is 0 Å². The Kier molecular flexibility index (Phi) is 4.74. The van der Waals surface area contributed by atoms with E-state index in [-0.39, 0.29) is 17.8 Å². The summed E-state index contributed by atoms with van der Waals surface area (Å²) in [5, 5.41) is 7.12. The topological polar surface area (TPSA) is 49.0 Å². The van der Waals surface area contributed by atoms with Gasteiger partial charge in [-0.05, 0) is 49.8 Å². The number of carbonyl (C=O) groups is 1. The van der Waals surface area contributed by atoms with Crippen molar-refractivity contribution in [1.29, 1.82) is 0 Å². The fourth-order valence-electron chi connectivity index (χ4n) is 3.31. The van der Waals surface area contributed by atoms with E-state index in [1.165, 1.54) is 6.07 Å². The number of piperidine rings is 1. The largest absolute Gasteiger partial charge is 0.334 e. The summed E-state index contributed by atoms with van der Waals surface area (Å²) in [5.74, 6) is -0.146. The maximum atomic E-state index is 13.7. The van der Waals surface area contributed by atoms with Gasteiger partial charge in [0.25, 0.3) is 0 Å². The molecule has 3 rings (SSSR count). The highest BCUT2D eigenvalue weighted by molar-refractivity contribution is 5.77. The van der Waals surface area contributed by atoms with Gasteiger partial charge in [-0.25, -0.2) is 4.39 Å². The Morgan fingerprint density at radius 1 is 1.39 bits per heavy atom. The van der Waals surface area contributed by atoms with E-state index < -0.39 is 0 Å². The fourth-order valence-corrected chi connectivity index (χ4v) is 3.31. The van der Waals surface area contributed by atoms with Crippen LogP contribution in [0.1, 0.15) is 48.5 Å². The van der Waals surface area contributed by atoms with Gasteiger partial charge in [0, 0.05) is 13.0 Å². The van der Waals surface area contributed by atoms with Gasteiger partial charge >= 0.3 is 0 Å². The molecule has 0 bridgehead atoms. The molecule has 0 unspecified atom stereocenters. The van der Waals surface area contributed by atoms with E-state index in [2.05, 4.69) is 10.2 Å². The summed E-state index contributed by atoms with van der Waals surface area (Å²) >= 11 is 0. The van der Waals surface area contributed by atoms with Crippen molar-refractivity contribution in [1.82, 2.24) is 15.1 Å². The van der Waals surface area contributed by atoms with Gasteiger partial charge in [0.15, 0.2) is 0 Å². The molecule has 1 amide bonds. The minimum atomic E-state index is -0.236. The number of hydrogen-bond acceptors (Lipinski definition) is 2. The molecule has 0 aliphatic carbocycles. The third-order valence-corrected chi connectivity index (χ3v) is 4.59. The van der Waals surface area contributed by atoms with Gasteiger partial charge in [-0.1, -0.05) is 18.2 Å². The Bertz CT molecular complexity index is 682. The number of amides is 1. The summed E-state index contributed by atoms with van der Waals surface area (Å²) in [5.41, 5.74) is 2.72. The molecule has 1 aliphatic heterocycles. The molecule has 1 aliphatic rings. The van der Waals surface area contributed by atoms with Crippen LogP contribution in [0.5, 0.6) is 0 Å². The van der Waals surface area contributed by atoms with Crippen molar-refractivity contribution in [2.75, 3.05) is 6.54 Å². The lowest BCUT2D eigenvalue weighted by molar-refractivity contribution is -0.135. The second-order valence-corrected chi connectivity index (χ2v) is 6.16. The second-order valence-electron chi connectivity index (χ2n) is 6.16. The lowest BCUT2D eigenvalue weighted by atomic mass is 9.96. The molecule has 1 atom stereocenters. The van der Waals surface area contributed by atoms with Crippen LogP contribution in [0.4, 0.5) is 4.39 Å². The maximum absolute atomic E-state index is 13.7. The highest BCUT2D eigenvalue weighted by Gasteiger charge is 2.29. The van der Waals surface area contributed by atoms with Crippen molar-refractivity contribution in [2.45, 2.75) is 45.1 Å². The number of likely N-dealkylation sites (tertiary alicyclic amines) is 1. The van der Waals surface area contributed by atoms with E-state index >= 15 is 0 Å². The van der Waals surface area contributed by atoms with Crippen molar-refractivity contribution in [3.05, 3.63) is 53.1 Å². The number of carbonyl (C=O) groups excluding carboxylic acids is 1. The van der Waals surface area contributed by atoms with Gasteiger partial charge in [-0.2, -0.15) is 5.10 Å². The van der Waals surface area contributed by atoms with Gasteiger partial charge in [-0.15, -0.1) is 0 Å². The van der Waals surface area contributed by atoms with Crippen LogP contribution in [-0.4, -0.2) is 27.5 Å². The summed E-state index contributed by atoms with van der Waals surface area (Å²) in [6, 6.07) is 6.73. The smallest absolute Gasteiger partial charge is 0.223 e. The first-order valence-electron chi connectivity index (χ1n) is 8.19. The van der Waals surface area contributed by atoms with E-state index in [0.29, 0.717) is 18.4 Å². The molecule has 2 heterocycles. The number of H-pyrrole nitrogens is 1. The van der Waals surface area contributed by atoms with E-state index in [9.17, 15) is 9.18 Å². The minimum Gasteiger partial charge on any atom is -0.334 e. The first-order valence-corrected chi connectivity index (χ1v) is 8.19. The first kappa shape index (κ1) is 15.7. The average Bonchev–Trinajstić information content (AvgIpc) is 3.00. The summed E-state index contributed by atoms with van der Waals surface area (Å²) in [7, 11) is 0. The second kappa shape index (κ2) is 6.94. The molecule has 1 fully saturated rings. The zero-order chi connectivity index (χ0) is 16.2. The number of rotatable bonds is 4. The van der Waals surface area contributed by atoms with E-state index in [1.54, 1.807) is 24.4 Å². The van der Waals surface area contributed by atoms with Crippen LogP contribution < -0.4 is 0 Å². The monoisotopic (exact) mass is 315 g/mol. The predicted molar refractivity (Wildman–Crippen MR) is 86.4 cm³/mol. The zero-order valence-corrected chi connectivity index (χ0v) is 13.4. The Labute approximate surface area is 135 Å². The van der Waals surface area contributed by atoms with Crippen LogP contribution in [0.15, 0.2) is 30.5 Å². The number of hydrogen-bond donors (Lipinski definition) is 1.